The van der Waals surface area contributed by atoms with Crippen molar-refractivity contribution in [2.75, 3.05) is 39.5 Å². The number of benzene rings is 1. The Hall–Kier alpha value is -1.71. The summed E-state index contributed by atoms with van der Waals surface area (Å²) in [4.78, 5) is 2.08. The Morgan fingerprint density at radius 1 is 1.08 bits per heavy atom. The van der Waals surface area contributed by atoms with E-state index >= 15 is 0 Å². The minimum absolute atomic E-state index is 0.0407. The number of nitrogens with zero attached hydrogens (tertiary/aromatic N) is 2. The van der Waals surface area contributed by atoms with Gasteiger partial charge >= 0.3 is 0 Å². The molecule has 2 fully saturated rings. The molecule has 6 heteroatoms. The van der Waals surface area contributed by atoms with Crippen molar-refractivity contribution >= 4 is 0 Å². The zero-order chi connectivity index (χ0) is 18.5. The highest BCUT2D eigenvalue weighted by Crippen LogP contribution is 2.35. The van der Waals surface area contributed by atoms with Crippen LogP contribution in [0.4, 0.5) is 8.78 Å². The van der Waals surface area contributed by atoms with Crippen molar-refractivity contribution in [2.45, 2.75) is 43.4 Å². The second-order valence-corrected chi connectivity index (χ2v) is 7.23. The Balaban J connectivity index is 1.43. The summed E-state index contributed by atoms with van der Waals surface area (Å²) >= 11 is 0. The van der Waals surface area contributed by atoms with Gasteiger partial charge in [-0.15, -0.1) is 0 Å². The minimum Gasteiger partial charge on any atom is -0.494 e. The number of hydrogen-bond acceptors (Lipinski definition) is 4. The molecule has 0 unspecified atom stereocenters. The van der Waals surface area contributed by atoms with Crippen LogP contribution in [0.15, 0.2) is 24.3 Å². The van der Waals surface area contributed by atoms with Gasteiger partial charge in [0.05, 0.1) is 18.1 Å². The second-order valence-electron chi connectivity index (χ2n) is 7.23. The lowest BCUT2D eigenvalue weighted by molar-refractivity contribution is -0.0554. The molecule has 0 radical (unpaired) electrons. The molecule has 3 rings (SSSR count). The van der Waals surface area contributed by atoms with Crippen LogP contribution in [-0.4, -0.2) is 50.3 Å². The zero-order valence-corrected chi connectivity index (χ0v) is 15.1. The van der Waals surface area contributed by atoms with Gasteiger partial charge in [0.15, 0.2) is 0 Å². The smallest absolute Gasteiger partial charge is 0.250 e. The van der Waals surface area contributed by atoms with Crippen molar-refractivity contribution in [1.82, 2.24) is 4.90 Å². The summed E-state index contributed by atoms with van der Waals surface area (Å²) in [6.45, 7) is 3.50. The lowest BCUT2D eigenvalue weighted by Crippen LogP contribution is -2.40. The van der Waals surface area contributed by atoms with Crippen molar-refractivity contribution in [3.05, 3.63) is 29.8 Å². The predicted octanol–water partition coefficient (Wildman–Crippen LogP) is 3.76. The van der Waals surface area contributed by atoms with Crippen LogP contribution < -0.4 is 4.74 Å². The van der Waals surface area contributed by atoms with E-state index in [9.17, 15) is 14.0 Å². The van der Waals surface area contributed by atoms with E-state index in [2.05, 4.69) is 11.0 Å². The summed E-state index contributed by atoms with van der Waals surface area (Å²) < 4.78 is 37.4. The molecule has 2 heterocycles. The first-order valence-corrected chi connectivity index (χ1v) is 9.36. The fourth-order valence-corrected chi connectivity index (χ4v) is 3.64. The molecule has 0 atom stereocenters. The molecule has 0 saturated carbocycles. The Kier molecular flexibility index (Phi) is 6.10. The quantitative estimate of drug-likeness (QED) is 0.721. The van der Waals surface area contributed by atoms with Gasteiger partial charge in [-0.2, -0.15) is 5.26 Å². The van der Waals surface area contributed by atoms with Crippen LogP contribution in [-0.2, 0) is 10.2 Å². The maximum atomic E-state index is 13.1. The standard InChI is InChI=1S/C20H26F2N2O2/c21-20(22)6-11-24(12-7-20)10-1-13-26-18-4-2-17(3-5-18)19(16-23)8-14-25-15-9-19/h2-5H,1,6-15H2. The van der Waals surface area contributed by atoms with Crippen LogP contribution in [0.5, 0.6) is 5.75 Å². The lowest BCUT2D eigenvalue weighted by atomic mass is 9.75. The minimum atomic E-state index is -2.49. The Labute approximate surface area is 153 Å². The van der Waals surface area contributed by atoms with E-state index in [0.717, 1.165) is 37.1 Å². The zero-order valence-electron chi connectivity index (χ0n) is 15.1. The van der Waals surface area contributed by atoms with Gasteiger partial charge in [-0.05, 0) is 37.0 Å². The highest BCUT2D eigenvalue weighted by Gasteiger charge is 2.35. The summed E-state index contributed by atoms with van der Waals surface area (Å²) in [5.41, 5.74) is 0.567. The number of likely N-dealkylation sites (tertiary alicyclic amines) is 1. The van der Waals surface area contributed by atoms with Gasteiger partial charge in [-0.1, -0.05) is 12.1 Å². The van der Waals surface area contributed by atoms with Gasteiger partial charge in [-0.25, -0.2) is 8.78 Å². The third-order valence-electron chi connectivity index (χ3n) is 5.44. The van der Waals surface area contributed by atoms with E-state index in [-0.39, 0.29) is 12.8 Å². The van der Waals surface area contributed by atoms with Crippen LogP contribution in [0.2, 0.25) is 0 Å². The second kappa shape index (κ2) is 8.32. The molecule has 2 aliphatic heterocycles. The highest BCUT2D eigenvalue weighted by molar-refractivity contribution is 5.37. The number of hydrogen-bond donors (Lipinski definition) is 0. The Morgan fingerprint density at radius 2 is 1.73 bits per heavy atom. The third kappa shape index (κ3) is 4.72. The van der Waals surface area contributed by atoms with Crippen LogP contribution >= 0.6 is 0 Å². The normalized spacial score (nSPS) is 22.5. The third-order valence-corrected chi connectivity index (χ3v) is 5.44. The van der Waals surface area contributed by atoms with Crippen LogP contribution in [0.25, 0.3) is 0 Å². The number of ether oxygens (including phenoxy) is 2. The van der Waals surface area contributed by atoms with Crippen molar-refractivity contribution in [3.8, 4) is 11.8 Å². The van der Waals surface area contributed by atoms with Crippen LogP contribution in [0.1, 0.15) is 37.7 Å². The maximum absolute atomic E-state index is 13.1. The average Bonchev–Trinajstić information content (AvgIpc) is 2.67. The average molecular weight is 364 g/mol. The first-order valence-electron chi connectivity index (χ1n) is 9.36. The molecule has 26 heavy (non-hydrogen) atoms. The molecule has 1 aromatic rings. The molecule has 0 N–H and O–H groups in total. The van der Waals surface area contributed by atoms with Crippen LogP contribution in [0, 0.1) is 11.3 Å². The van der Waals surface area contributed by atoms with Crippen molar-refractivity contribution in [1.29, 1.82) is 5.26 Å². The topological polar surface area (TPSA) is 45.5 Å². The number of alkyl halides is 2. The molecule has 142 valence electrons. The molecule has 0 bridgehead atoms. The van der Waals surface area contributed by atoms with E-state index in [4.69, 9.17) is 9.47 Å². The van der Waals surface area contributed by atoms with E-state index in [1.54, 1.807) is 0 Å². The largest absolute Gasteiger partial charge is 0.494 e. The first kappa shape index (κ1) is 19.1. The summed E-state index contributed by atoms with van der Waals surface area (Å²) in [7, 11) is 0. The highest BCUT2D eigenvalue weighted by atomic mass is 19.3. The lowest BCUT2D eigenvalue weighted by Gasteiger charge is -2.31. The molecule has 0 spiro atoms. The SMILES string of the molecule is N#CC1(c2ccc(OCCCN3CCC(F)(F)CC3)cc2)CCOCC1. The monoisotopic (exact) mass is 364 g/mol. The predicted molar refractivity (Wildman–Crippen MR) is 94.5 cm³/mol. The Morgan fingerprint density at radius 3 is 2.35 bits per heavy atom. The molecule has 2 saturated heterocycles. The number of halogens is 2. The molecular formula is C20H26F2N2O2. The van der Waals surface area contributed by atoms with Gasteiger partial charge in [-0.3, -0.25) is 0 Å². The molecule has 0 amide bonds. The molecule has 0 aliphatic carbocycles. The number of piperidine rings is 1. The van der Waals surface area contributed by atoms with Crippen LogP contribution in [0.3, 0.4) is 0 Å². The first-order chi connectivity index (χ1) is 12.5. The van der Waals surface area contributed by atoms with E-state index < -0.39 is 11.3 Å². The molecule has 0 aromatic heterocycles. The van der Waals surface area contributed by atoms with Gasteiger partial charge in [0.2, 0.25) is 0 Å². The fraction of sp³-hybridized carbons (Fsp3) is 0.650. The van der Waals surface area contributed by atoms with E-state index in [1.165, 1.54) is 0 Å². The van der Waals surface area contributed by atoms with Crippen molar-refractivity contribution in [3.63, 3.8) is 0 Å². The summed E-state index contributed by atoms with van der Waals surface area (Å²) in [5, 5.41) is 9.61. The van der Waals surface area contributed by atoms with Gasteiger partial charge in [0.25, 0.3) is 5.92 Å². The maximum Gasteiger partial charge on any atom is 0.250 e. The van der Waals surface area contributed by atoms with E-state index in [0.29, 0.717) is 32.9 Å². The van der Waals surface area contributed by atoms with Gasteiger partial charge < -0.3 is 14.4 Å². The van der Waals surface area contributed by atoms with E-state index in [1.807, 2.05) is 24.3 Å². The molecule has 4 nitrogen and oxygen atoms in total. The summed E-state index contributed by atoms with van der Waals surface area (Å²) in [6.07, 6.45) is 2.17. The fourth-order valence-electron chi connectivity index (χ4n) is 3.64. The molecular weight excluding hydrogens is 338 g/mol. The van der Waals surface area contributed by atoms with Gasteiger partial charge in [0, 0.05) is 45.7 Å². The van der Waals surface area contributed by atoms with Crippen molar-refractivity contribution < 1.29 is 18.3 Å². The Bertz CT molecular complexity index is 612. The number of rotatable bonds is 6. The number of nitriles is 1. The van der Waals surface area contributed by atoms with Gasteiger partial charge in [0.1, 0.15) is 5.75 Å². The molecule has 2 aliphatic rings. The molecule has 1 aromatic carbocycles. The summed E-state index contributed by atoms with van der Waals surface area (Å²) in [6, 6.07) is 10.2. The van der Waals surface area contributed by atoms with Crippen molar-refractivity contribution in [2.24, 2.45) is 0 Å². The summed E-state index contributed by atoms with van der Waals surface area (Å²) in [5.74, 6) is -1.71.